The molecule has 2 rings (SSSR count). The molecule has 0 saturated carbocycles. The molecule has 2 N–H and O–H groups in total. The smallest absolute Gasteiger partial charge is 0.141 e. The molecule has 1 heterocycles. The van der Waals surface area contributed by atoms with Crippen molar-refractivity contribution in [1.82, 2.24) is 0 Å². The lowest BCUT2D eigenvalue weighted by molar-refractivity contribution is 0.628. The normalized spacial score (nSPS) is 10.4. The van der Waals surface area contributed by atoms with Crippen molar-refractivity contribution in [2.75, 3.05) is 5.73 Å². The van der Waals surface area contributed by atoms with Gasteiger partial charge in [-0.2, -0.15) is 0 Å². The van der Waals surface area contributed by atoms with Crippen molar-refractivity contribution in [2.45, 2.75) is 0 Å². The Morgan fingerprint density at radius 1 is 1.21 bits per heavy atom. The lowest BCUT2D eigenvalue weighted by Crippen LogP contribution is -1.79. The molecule has 2 aromatic rings. The largest absolute Gasteiger partial charge is 0.391 e. The first kappa shape index (κ1) is 9.49. The van der Waals surface area contributed by atoms with E-state index in [0.717, 1.165) is 16.1 Å². The average Bonchev–Trinajstić information content (AvgIpc) is 2.57. The summed E-state index contributed by atoms with van der Waals surface area (Å²) in [5, 5.41) is 2.78. The van der Waals surface area contributed by atoms with Crippen molar-refractivity contribution < 1.29 is 4.39 Å². The summed E-state index contributed by atoms with van der Waals surface area (Å²) in [6, 6.07) is 6.47. The summed E-state index contributed by atoms with van der Waals surface area (Å²) in [6.07, 6.45) is 0. The minimum absolute atomic E-state index is 0.132. The van der Waals surface area contributed by atoms with E-state index in [1.54, 1.807) is 12.1 Å². The molecule has 0 radical (unpaired) electrons. The molecule has 0 unspecified atom stereocenters. The first-order chi connectivity index (χ1) is 6.66. The van der Waals surface area contributed by atoms with Crippen LogP contribution in [-0.2, 0) is 0 Å². The Balaban J connectivity index is 2.47. The van der Waals surface area contributed by atoms with Gasteiger partial charge in [0.1, 0.15) is 5.82 Å². The second-order valence-corrected chi connectivity index (χ2v) is 4.22. The number of benzene rings is 1. The molecule has 0 aliphatic rings. The number of nitrogen functional groups attached to an aromatic ring is 1. The fourth-order valence-electron chi connectivity index (χ4n) is 1.18. The highest BCUT2D eigenvalue weighted by Gasteiger charge is 2.04. The Morgan fingerprint density at radius 3 is 2.57 bits per heavy atom. The van der Waals surface area contributed by atoms with Crippen LogP contribution in [0.5, 0.6) is 0 Å². The van der Waals surface area contributed by atoms with Gasteiger partial charge in [0.25, 0.3) is 0 Å². The predicted octanol–water partition coefficient (Wildman–Crippen LogP) is 3.79. The SMILES string of the molecule is Nc1cc(-c2ccc(F)c(Cl)c2)cs1. The minimum Gasteiger partial charge on any atom is -0.391 e. The lowest BCUT2D eigenvalue weighted by Gasteiger charge is -1.99. The zero-order valence-corrected chi connectivity index (χ0v) is 8.70. The number of rotatable bonds is 1. The Labute approximate surface area is 89.9 Å². The molecule has 0 fully saturated rings. The number of halogens is 2. The first-order valence-corrected chi connectivity index (χ1v) is 5.22. The van der Waals surface area contributed by atoms with Crippen LogP contribution in [0.15, 0.2) is 29.6 Å². The molecule has 1 aromatic carbocycles. The van der Waals surface area contributed by atoms with Crippen LogP contribution >= 0.6 is 22.9 Å². The Bertz CT molecular complexity index is 467. The first-order valence-electron chi connectivity index (χ1n) is 3.96. The van der Waals surface area contributed by atoms with Gasteiger partial charge in [0.05, 0.1) is 10.0 Å². The number of hydrogen-bond acceptors (Lipinski definition) is 2. The van der Waals surface area contributed by atoms with E-state index in [-0.39, 0.29) is 5.02 Å². The summed E-state index contributed by atoms with van der Waals surface area (Å²) < 4.78 is 12.9. The molecule has 0 bridgehead atoms. The lowest BCUT2D eigenvalue weighted by atomic mass is 10.1. The van der Waals surface area contributed by atoms with Gasteiger partial charge in [-0.05, 0) is 29.3 Å². The summed E-state index contributed by atoms with van der Waals surface area (Å²) in [6.45, 7) is 0. The summed E-state index contributed by atoms with van der Waals surface area (Å²) >= 11 is 7.12. The Hall–Kier alpha value is -1.06. The molecule has 0 saturated heterocycles. The molecule has 0 aliphatic heterocycles. The standard InChI is InChI=1S/C10H7ClFNS/c11-8-3-6(1-2-9(8)12)7-4-10(13)14-5-7/h1-5H,13H2. The fraction of sp³-hybridized carbons (Fsp3) is 0. The minimum atomic E-state index is -0.404. The molecule has 14 heavy (non-hydrogen) atoms. The van der Waals surface area contributed by atoms with Crippen LogP contribution in [0.4, 0.5) is 9.39 Å². The summed E-state index contributed by atoms with van der Waals surface area (Å²) in [4.78, 5) is 0. The summed E-state index contributed by atoms with van der Waals surface area (Å²) in [5.41, 5.74) is 7.44. The monoisotopic (exact) mass is 227 g/mol. The van der Waals surface area contributed by atoms with Gasteiger partial charge in [0.2, 0.25) is 0 Å². The van der Waals surface area contributed by atoms with Gasteiger partial charge in [-0.15, -0.1) is 11.3 Å². The van der Waals surface area contributed by atoms with Crippen molar-refractivity contribution in [2.24, 2.45) is 0 Å². The van der Waals surface area contributed by atoms with Crippen molar-refractivity contribution in [3.05, 3.63) is 40.5 Å². The van der Waals surface area contributed by atoms with Crippen LogP contribution < -0.4 is 5.73 Å². The van der Waals surface area contributed by atoms with Gasteiger partial charge >= 0.3 is 0 Å². The van der Waals surface area contributed by atoms with E-state index in [1.165, 1.54) is 17.4 Å². The van der Waals surface area contributed by atoms with Gasteiger partial charge in [-0.25, -0.2) is 4.39 Å². The van der Waals surface area contributed by atoms with Gasteiger partial charge in [-0.1, -0.05) is 17.7 Å². The van der Waals surface area contributed by atoms with Crippen LogP contribution in [0.25, 0.3) is 11.1 Å². The van der Waals surface area contributed by atoms with E-state index in [9.17, 15) is 4.39 Å². The van der Waals surface area contributed by atoms with Crippen LogP contribution in [-0.4, -0.2) is 0 Å². The molecular weight excluding hydrogens is 221 g/mol. The molecule has 72 valence electrons. The fourth-order valence-corrected chi connectivity index (χ4v) is 2.02. The molecule has 0 aliphatic carbocycles. The predicted molar refractivity (Wildman–Crippen MR) is 59.1 cm³/mol. The molecule has 4 heteroatoms. The third-order valence-electron chi connectivity index (χ3n) is 1.87. The van der Waals surface area contributed by atoms with E-state index in [1.807, 2.05) is 11.4 Å². The quantitative estimate of drug-likeness (QED) is 0.788. The summed E-state index contributed by atoms with van der Waals surface area (Å²) in [5.74, 6) is -0.404. The second kappa shape index (κ2) is 3.59. The topological polar surface area (TPSA) is 26.0 Å². The second-order valence-electron chi connectivity index (χ2n) is 2.87. The van der Waals surface area contributed by atoms with Crippen LogP contribution in [0.1, 0.15) is 0 Å². The van der Waals surface area contributed by atoms with E-state index in [0.29, 0.717) is 0 Å². The molecule has 1 aromatic heterocycles. The molecule has 0 spiro atoms. The van der Waals surface area contributed by atoms with Gasteiger partial charge in [0.15, 0.2) is 0 Å². The highest BCUT2D eigenvalue weighted by Crippen LogP contribution is 2.29. The van der Waals surface area contributed by atoms with Crippen LogP contribution in [0, 0.1) is 5.82 Å². The van der Waals surface area contributed by atoms with Crippen LogP contribution in [0.2, 0.25) is 5.02 Å². The van der Waals surface area contributed by atoms with E-state index in [4.69, 9.17) is 17.3 Å². The number of thiophene rings is 1. The highest BCUT2D eigenvalue weighted by atomic mass is 35.5. The zero-order valence-electron chi connectivity index (χ0n) is 7.13. The third kappa shape index (κ3) is 1.74. The van der Waals surface area contributed by atoms with E-state index in [2.05, 4.69) is 0 Å². The van der Waals surface area contributed by atoms with E-state index < -0.39 is 5.82 Å². The molecule has 0 amide bonds. The number of hydrogen-bond donors (Lipinski definition) is 1. The zero-order chi connectivity index (χ0) is 10.1. The van der Waals surface area contributed by atoms with Crippen molar-refractivity contribution >= 4 is 27.9 Å². The average molecular weight is 228 g/mol. The van der Waals surface area contributed by atoms with Crippen molar-refractivity contribution in [3.63, 3.8) is 0 Å². The molecule has 1 nitrogen and oxygen atoms in total. The highest BCUT2D eigenvalue weighted by molar-refractivity contribution is 7.14. The van der Waals surface area contributed by atoms with Crippen LogP contribution in [0.3, 0.4) is 0 Å². The van der Waals surface area contributed by atoms with Gasteiger partial charge in [-0.3, -0.25) is 0 Å². The van der Waals surface area contributed by atoms with Crippen molar-refractivity contribution in [1.29, 1.82) is 0 Å². The molecule has 0 atom stereocenters. The Morgan fingerprint density at radius 2 is 2.00 bits per heavy atom. The van der Waals surface area contributed by atoms with Crippen molar-refractivity contribution in [3.8, 4) is 11.1 Å². The molecular formula is C10H7ClFNS. The third-order valence-corrected chi connectivity index (χ3v) is 2.92. The number of anilines is 1. The maximum atomic E-state index is 12.9. The van der Waals surface area contributed by atoms with E-state index >= 15 is 0 Å². The van der Waals surface area contributed by atoms with Gasteiger partial charge in [0, 0.05) is 5.38 Å². The Kier molecular flexibility index (Phi) is 2.44. The maximum absolute atomic E-state index is 12.9. The summed E-state index contributed by atoms with van der Waals surface area (Å²) in [7, 11) is 0. The van der Waals surface area contributed by atoms with Gasteiger partial charge < -0.3 is 5.73 Å². The maximum Gasteiger partial charge on any atom is 0.141 e. The number of nitrogens with two attached hydrogens (primary N) is 1.